The molecule has 1 N–H and O–H groups in total. The van der Waals surface area contributed by atoms with Crippen LogP contribution in [-0.2, 0) is 14.6 Å². The quantitative estimate of drug-likeness (QED) is 0.844. The number of anilines is 1. The first-order valence-electron chi connectivity index (χ1n) is 8.30. The molecule has 0 saturated carbocycles. The van der Waals surface area contributed by atoms with Gasteiger partial charge in [0.1, 0.15) is 11.6 Å². The molecule has 0 radical (unpaired) electrons. The van der Waals surface area contributed by atoms with Gasteiger partial charge in [0, 0.05) is 28.5 Å². The maximum absolute atomic E-state index is 14.5. The summed E-state index contributed by atoms with van der Waals surface area (Å²) in [5, 5.41) is 7.53. The second-order valence-electron chi connectivity index (χ2n) is 6.79. The number of nitrogens with zero attached hydrogens (tertiary/aromatic N) is 2. The van der Waals surface area contributed by atoms with Gasteiger partial charge < -0.3 is 5.32 Å². The Hall–Kier alpha value is -1.93. The summed E-state index contributed by atoms with van der Waals surface area (Å²) in [5.74, 6) is -0.768. The molecule has 138 valence electrons. The molecule has 4 rings (SSSR count). The van der Waals surface area contributed by atoms with E-state index in [9.17, 15) is 17.6 Å². The molecule has 9 heteroatoms. The van der Waals surface area contributed by atoms with Crippen LogP contribution in [0, 0.1) is 12.7 Å². The molecule has 2 aliphatic rings. The lowest BCUT2D eigenvalue weighted by Gasteiger charge is -2.26. The first-order chi connectivity index (χ1) is 12.3. The number of fused-ring (bicyclic) bond motifs is 1. The zero-order valence-corrected chi connectivity index (χ0v) is 15.6. The van der Waals surface area contributed by atoms with Crippen molar-refractivity contribution in [3.8, 4) is 0 Å². The molecule has 2 unspecified atom stereocenters. The number of benzene rings is 1. The molecular formula is C17H17ClFN3O3S. The van der Waals surface area contributed by atoms with Crippen LogP contribution < -0.4 is 5.32 Å². The molecule has 6 nitrogen and oxygen atoms in total. The van der Waals surface area contributed by atoms with Gasteiger partial charge in [-0.15, -0.1) is 0 Å². The largest absolute Gasteiger partial charge is 0.311 e. The van der Waals surface area contributed by atoms with Crippen molar-refractivity contribution in [1.82, 2.24) is 9.78 Å². The average molecular weight is 398 g/mol. The maximum atomic E-state index is 14.5. The number of rotatable bonds is 2. The predicted molar refractivity (Wildman–Crippen MR) is 95.8 cm³/mol. The third-order valence-electron chi connectivity index (χ3n) is 5.03. The van der Waals surface area contributed by atoms with Crippen LogP contribution in [0.5, 0.6) is 0 Å². The molecule has 0 aliphatic carbocycles. The Kier molecular flexibility index (Phi) is 4.07. The van der Waals surface area contributed by atoms with E-state index in [0.29, 0.717) is 23.5 Å². The number of halogens is 2. The predicted octanol–water partition coefficient (Wildman–Crippen LogP) is 2.82. The number of aromatic nitrogens is 2. The van der Waals surface area contributed by atoms with E-state index in [1.54, 1.807) is 17.7 Å². The van der Waals surface area contributed by atoms with Gasteiger partial charge in [-0.3, -0.25) is 4.79 Å². The van der Waals surface area contributed by atoms with Crippen LogP contribution in [0.25, 0.3) is 0 Å². The van der Waals surface area contributed by atoms with E-state index in [2.05, 4.69) is 10.4 Å². The highest BCUT2D eigenvalue weighted by molar-refractivity contribution is 7.91. The smallest absolute Gasteiger partial charge is 0.226 e. The van der Waals surface area contributed by atoms with Crippen LogP contribution in [0.15, 0.2) is 18.2 Å². The summed E-state index contributed by atoms with van der Waals surface area (Å²) in [6.45, 7) is 1.78. The van der Waals surface area contributed by atoms with Crippen LogP contribution >= 0.6 is 11.6 Å². The zero-order chi connectivity index (χ0) is 18.6. The minimum atomic E-state index is -3.11. The summed E-state index contributed by atoms with van der Waals surface area (Å²) in [4.78, 5) is 12.3. The molecule has 1 aromatic heterocycles. The second kappa shape index (κ2) is 6.06. The van der Waals surface area contributed by atoms with E-state index in [0.717, 1.165) is 0 Å². The van der Waals surface area contributed by atoms with E-state index >= 15 is 0 Å². The highest BCUT2D eigenvalue weighted by Gasteiger charge is 2.38. The van der Waals surface area contributed by atoms with Gasteiger partial charge in [0.05, 0.1) is 23.2 Å². The number of sulfone groups is 1. The number of amides is 1. The fraction of sp³-hybridized carbons (Fsp3) is 0.412. The van der Waals surface area contributed by atoms with Crippen LogP contribution in [0.3, 0.4) is 0 Å². The minimum absolute atomic E-state index is 0.0123. The number of hydrogen-bond acceptors (Lipinski definition) is 4. The molecule has 26 heavy (non-hydrogen) atoms. The fourth-order valence-corrected chi connectivity index (χ4v) is 5.88. The molecule has 1 aromatic carbocycles. The number of carbonyl (C=O) groups excluding carboxylic acids is 1. The van der Waals surface area contributed by atoms with Gasteiger partial charge in [0.25, 0.3) is 0 Å². The van der Waals surface area contributed by atoms with Crippen LogP contribution in [0.4, 0.5) is 10.2 Å². The van der Waals surface area contributed by atoms with Crippen molar-refractivity contribution in [2.75, 3.05) is 16.8 Å². The molecule has 0 spiro atoms. The third-order valence-corrected chi connectivity index (χ3v) is 7.11. The maximum Gasteiger partial charge on any atom is 0.226 e. The van der Waals surface area contributed by atoms with Crippen molar-refractivity contribution < 1.29 is 17.6 Å². The SMILES string of the molecule is Cc1nn(C2CCS(=O)(=O)C2)c2c1C(c1c(F)cccc1Cl)CC(=O)N2. The van der Waals surface area contributed by atoms with Gasteiger partial charge >= 0.3 is 0 Å². The van der Waals surface area contributed by atoms with E-state index in [1.165, 1.54) is 12.1 Å². The normalized spacial score (nSPS) is 24.3. The Morgan fingerprint density at radius 3 is 2.77 bits per heavy atom. The summed E-state index contributed by atoms with van der Waals surface area (Å²) in [6.07, 6.45) is 0.500. The van der Waals surface area contributed by atoms with Crippen LogP contribution in [-0.4, -0.2) is 35.6 Å². The standard InChI is InChI=1S/C17H17ClFN3O3S/c1-9-15-11(16-12(18)3-2-4-13(16)19)7-14(23)20-17(15)22(21-9)10-5-6-26(24,25)8-10/h2-4,10-11H,5-8H2,1H3,(H,20,23). The molecular weight excluding hydrogens is 381 g/mol. The van der Waals surface area contributed by atoms with E-state index in [1.807, 2.05) is 0 Å². The van der Waals surface area contributed by atoms with Crippen molar-refractivity contribution >= 4 is 33.2 Å². The van der Waals surface area contributed by atoms with Crippen molar-refractivity contribution in [2.45, 2.75) is 31.7 Å². The molecule has 1 amide bonds. The Labute approximate surface area is 155 Å². The number of carbonyl (C=O) groups is 1. The number of nitrogens with one attached hydrogen (secondary N) is 1. The summed E-state index contributed by atoms with van der Waals surface area (Å²) in [6, 6.07) is 4.09. The van der Waals surface area contributed by atoms with Crippen molar-refractivity contribution in [3.63, 3.8) is 0 Å². The highest BCUT2D eigenvalue weighted by atomic mass is 35.5. The second-order valence-corrected chi connectivity index (χ2v) is 9.43. The summed E-state index contributed by atoms with van der Waals surface area (Å²) in [7, 11) is -3.11. The lowest BCUT2D eigenvalue weighted by atomic mass is 9.85. The van der Waals surface area contributed by atoms with E-state index < -0.39 is 21.6 Å². The average Bonchev–Trinajstić information content (AvgIpc) is 3.06. The van der Waals surface area contributed by atoms with Crippen molar-refractivity contribution in [1.29, 1.82) is 0 Å². The molecule has 2 aromatic rings. The highest BCUT2D eigenvalue weighted by Crippen LogP contribution is 2.44. The monoisotopic (exact) mass is 397 g/mol. The molecule has 1 saturated heterocycles. The summed E-state index contributed by atoms with van der Waals surface area (Å²) >= 11 is 6.22. The Bertz CT molecular complexity index is 998. The van der Waals surface area contributed by atoms with Gasteiger partial charge in [-0.25, -0.2) is 17.5 Å². The Balaban J connectivity index is 1.86. The number of hydrogen-bond donors (Lipinski definition) is 1. The van der Waals surface area contributed by atoms with Gasteiger partial charge in [-0.1, -0.05) is 17.7 Å². The summed E-state index contributed by atoms with van der Waals surface area (Å²) < 4.78 is 39.7. The van der Waals surface area contributed by atoms with Crippen LogP contribution in [0.2, 0.25) is 5.02 Å². The van der Waals surface area contributed by atoms with E-state index in [4.69, 9.17) is 11.6 Å². The lowest BCUT2D eigenvalue weighted by molar-refractivity contribution is -0.116. The summed E-state index contributed by atoms with van der Waals surface area (Å²) in [5.41, 5.74) is 1.60. The molecule has 2 aliphatic heterocycles. The number of aryl methyl sites for hydroxylation is 1. The van der Waals surface area contributed by atoms with Crippen molar-refractivity contribution in [3.05, 3.63) is 45.9 Å². The fourth-order valence-electron chi connectivity index (χ4n) is 3.90. The molecule has 3 heterocycles. The Morgan fingerprint density at radius 1 is 1.35 bits per heavy atom. The topological polar surface area (TPSA) is 81.1 Å². The van der Waals surface area contributed by atoms with Crippen LogP contribution in [0.1, 0.15) is 41.6 Å². The van der Waals surface area contributed by atoms with Gasteiger partial charge in [0.15, 0.2) is 9.84 Å². The van der Waals surface area contributed by atoms with Gasteiger partial charge in [-0.05, 0) is 25.5 Å². The minimum Gasteiger partial charge on any atom is -0.311 e. The van der Waals surface area contributed by atoms with Gasteiger partial charge in [-0.2, -0.15) is 5.10 Å². The molecule has 2 atom stereocenters. The third kappa shape index (κ3) is 2.81. The van der Waals surface area contributed by atoms with Gasteiger partial charge in [0.2, 0.25) is 5.91 Å². The van der Waals surface area contributed by atoms with Crippen molar-refractivity contribution in [2.24, 2.45) is 0 Å². The first kappa shape index (κ1) is 17.5. The first-order valence-corrected chi connectivity index (χ1v) is 10.5. The lowest BCUT2D eigenvalue weighted by Crippen LogP contribution is -2.27. The van der Waals surface area contributed by atoms with E-state index in [-0.39, 0.29) is 40.5 Å². The Morgan fingerprint density at radius 2 is 2.12 bits per heavy atom. The zero-order valence-electron chi connectivity index (χ0n) is 14.0. The molecule has 1 fully saturated rings. The molecule has 0 bridgehead atoms.